The normalized spacial score (nSPS) is 27.8. The Hall–Kier alpha value is -2.12. The van der Waals surface area contributed by atoms with Gasteiger partial charge in [-0.25, -0.2) is 9.18 Å². The number of nitrogens with zero attached hydrogens (tertiary/aromatic N) is 2. The number of carboxylic acid groups (broad SMARTS) is 1. The molecule has 8 heteroatoms. The van der Waals surface area contributed by atoms with Crippen LogP contribution in [0.25, 0.3) is 10.9 Å². The molecule has 1 saturated heterocycles. The summed E-state index contributed by atoms with van der Waals surface area (Å²) in [6.07, 6.45) is 1.36. The predicted octanol–water partition coefficient (Wildman–Crippen LogP) is 2.81. The van der Waals surface area contributed by atoms with Crippen molar-refractivity contribution in [2.24, 2.45) is 11.7 Å². The third-order valence-electron chi connectivity index (χ3n) is 5.41. The number of anilines is 1. The highest BCUT2D eigenvalue weighted by Gasteiger charge is 2.40. The van der Waals surface area contributed by atoms with Crippen LogP contribution in [0.15, 0.2) is 23.1 Å². The predicted molar refractivity (Wildman–Crippen MR) is 103 cm³/mol. The highest BCUT2D eigenvalue weighted by Crippen LogP contribution is 2.43. The average Bonchev–Trinajstić information content (AvgIpc) is 3.31. The molecule has 4 rings (SSSR count). The largest absolute Gasteiger partial charge is 0.477 e. The van der Waals surface area contributed by atoms with E-state index in [1.807, 2.05) is 0 Å². The van der Waals surface area contributed by atoms with Crippen molar-refractivity contribution in [2.75, 3.05) is 18.0 Å². The molecule has 0 spiro atoms. The second-order valence-electron chi connectivity index (χ2n) is 7.70. The number of carbonyl (C=O) groups is 1. The van der Waals surface area contributed by atoms with Gasteiger partial charge in [0.2, 0.25) is 5.43 Å². The second kappa shape index (κ2) is 6.49. The molecular formula is C19H21ClFN3O3. The quantitative estimate of drug-likeness (QED) is 0.837. The molecule has 2 fully saturated rings. The second-order valence-corrected chi connectivity index (χ2v) is 8.08. The Labute approximate surface area is 160 Å². The van der Waals surface area contributed by atoms with Gasteiger partial charge in [-0.05, 0) is 24.5 Å². The fourth-order valence-electron chi connectivity index (χ4n) is 4.09. The standard InChI is InChI=1S/C19H21ClFN3O3/c1-9-4-10(22)7-23(6-9)14-3-2-11-17(16(14)20)24(15-5-13(15)21)8-12(18(11)25)19(26)27/h2-3,8-10,13,15H,4-7,22H2,1H3,(H,26,27)/t9-,10-,13-,15+/m0/s1. The first-order valence-electron chi connectivity index (χ1n) is 9.03. The highest BCUT2D eigenvalue weighted by molar-refractivity contribution is 6.38. The van der Waals surface area contributed by atoms with E-state index in [0.717, 1.165) is 18.7 Å². The summed E-state index contributed by atoms with van der Waals surface area (Å²) < 4.78 is 15.3. The monoisotopic (exact) mass is 393 g/mol. The van der Waals surface area contributed by atoms with Crippen molar-refractivity contribution >= 4 is 34.2 Å². The van der Waals surface area contributed by atoms with Gasteiger partial charge in [0.1, 0.15) is 11.7 Å². The number of benzene rings is 1. The zero-order valence-electron chi connectivity index (χ0n) is 14.9. The Morgan fingerprint density at radius 1 is 1.33 bits per heavy atom. The summed E-state index contributed by atoms with van der Waals surface area (Å²) in [5.41, 5.74) is 6.28. The molecule has 4 atom stereocenters. The topological polar surface area (TPSA) is 88.6 Å². The fourth-order valence-corrected chi connectivity index (χ4v) is 4.47. The molecule has 144 valence electrons. The van der Waals surface area contributed by atoms with Crippen LogP contribution in [0.5, 0.6) is 0 Å². The molecule has 0 amide bonds. The van der Waals surface area contributed by atoms with Gasteiger partial charge in [-0.2, -0.15) is 0 Å². The molecule has 2 heterocycles. The minimum atomic E-state index is -1.33. The molecule has 1 aliphatic heterocycles. The number of rotatable bonds is 3. The minimum absolute atomic E-state index is 0.0238. The van der Waals surface area contributed by atoms with Gasteiger partial charge in [0, 0.05) is 37.1 Å². The van der Waals surface area contributed by atoms with Crippen molar-refractivity contribution in [1.29, 1.82) is 0 Å². The molecule has 1 saturated carbocycles. The van der Waals surface area contributed by atoms with Crippen LogP contribution in [0.1, 0.15) is 36.2 Å². The number of halogens is 2. The van der Waals surface area contributed by atoms with Crippen molar-refractivity contribution in [3.05, 3.63) is 39.1 Å². The Morgan fingerprint density at radius 2 is 2.04 bits per heavy atom. The van der Waals surface area contributed by atoms with Crippen molar-refractivity contribution in [2.45, 2.75) is 38.0 Å². The van der Waals surface area contributed by atoms with Gasteiger partial charge in [-0.15, -0.1) is 0 Å². The molecule has 0 unspecified atom stereocenters. The molecule has 1 aliphatic carbocycles. The third kappa shape index (κ3) is 3.08. The lowest BCUT2D eigenvalue weighted by atomic mass is 9.96. The molecule has 0 bridgehead atoms. The number of alkyl halides is 1. The lowest BCUT2D eigenvalue weighted by Crippen LogP contribution is -2.46. The van der Waals surface area contributed by atoms with E-state index in [1.165, 1.54) is 10.8 Å². The third-order valence-corrected chi connectivity index (χ3v) is 5.79. The summed E-state index contributed by atoms with van der Waals surface area (Å²) >= 11 is 6.69. The van der Waals surface area contributed by atoms with Crippen molar-refractivity contribution in [3.8, 4) is 0 Å². The number of piperidine rings is 1. The zero-order valence-corrected chi connectivity index (χ0v) is 15.6. The fraction of sp³-hybridized carbons (Fsp3) is 0.474. The van der Waals surface area contributed by atoms with Gasteiger partial charge in [0.15, 0.2) is 0 Å². The van der Waals surface area contributed by atoms with Crippen molar-refractivity contribution in [1.82, 2.24) is 4.57 Å². The maximum absolute atomic E-state index is 13.8. The molecule has 6 nitrogen and oxygen atoms in total. The van der Waals surface area contributed by atoms with Crippen LogP contribution in [0.3, 0.4) is 0 Å². The highest BCUT2D eigenvalue weighted by atomic mass is 35.5. The number of nitrogens with two attached hydrogens (primary N) is 1. The van der Waals surface area contributed by atoms with Gasteiger partial charge >= 0.3 is 5.97 Å². The zero-order chi connectivity index (χ0) is 19.5. The first-order chi connectivity index (χ1) is 12.8. The average molecular weight is 394 g/mol. The van der Waals surface area contributed by atoms with Gasteiger partial charge in [0.25, 0.3) is 0 Å². The van der Waals surface area contributed by atoms with E-state index in [2.05, 4.69) is 11.8 Å². The molecule has 0 radical (unpaired) electrons. The lowest BCUT2D eigenvalue weighted by Gasteiger charge is -2.37. The maximum Gasteiger partial charge on any atom is 0.341 e. The number of carboxylic acids is 1. The first kappa shape index (κ1) is 18.3. The number of pyridine rings is 1. The van der Waals surface area contributed by atoms with Crippen molar-refractivity contribution in [3.63, 3.8) is 0 Å². The van der Waals surface area contributed by atoms with Crippen LogP contribution in [0, 0.1) is 5.92 Å². The molecular weight excluding hydrogens is 373 g/mol. The Bertz CT molecular complexity index is 982. The van der Waals surface area contributed by atoms with E-state index in [0.29, 0.717) is 23.0 Å². The number of aromatic nitrogens is 1. The lowest BCUT2D eigenvalue weighted by molar-refractivity contribution is 0.0694. The molecule has 2 aromatic rings. The molecule has 27 heavy (non-hydrogen) atoms. The Morgan fingerprint density at radius 3 is 2.63 bits per heavy atom. The number of fused-ring (bicyclic) bond motifs is 1. The minimum Gasteiger partial charge on any atom is -0.477 e. The van der Waals surface area contributed by atoms with E-state index in [9.17, 15) is 19.1 Å². The van der Waals surface area contributed by atoms with Crippen LogP contribution in [0.4, 0.5) is 10.1 Å². The summed E-state index contributed by atoms with van der Waals surface area (Å²) in [4.78, 5) is 26.1. The van der Waals surface area contributed by atoms with Crippen LogP contribution >= 0.6 is 11.6 Å². The Balaban J connectivity index is 1.93. The Kier molecular flexibility index (Phi) is 4.39. The van der Waals surface area contributed by atoms with Gasteiger partial charge < -0.3 is 20.3 Å². The van der Waals surface area contributed by atoms with Gasteiger partial charge in [-0.1, -0.05) is 18.5 Å². The van der Waals surface area contributed by atoms with Crippen LogP contribution < -0.4 is 16.1 Å². The number of aromatic carboxylic acids is 1. The summed E-state index contributed by atoms with van der Waals surface area (Å²) in [5, 5.41) is 9.87. The molecule has 3 N–H and O–H groups in total. The smallest absolute Gasteiger partial charge is 0.341 e. The SMILES string of the molecule is C[C@H]1C[C@H](N)CN(c2ccc3c(=O)c(C(=O)O)cn([C@@H]4C[C@@H]4F)c3c2Cl)C1. The van der Waals surface area contributed by atoms with Gasteiger partial charge in [0.05, 0.1) is 22.3 Å². The summed E-state index contributed by atoms with van der Waals surface area (Å²) in [5.74, 6) is -0.932. The number of hydrogen-bond donors (Lipinski definition) is 2. The maximum atomic E-state index is 13.8. The van der Waals surface area contributed by atoms with E-state index in [4.69, 9.17) is 17.3 Å². The summed E-state index contributed by atoms with van der Waals surface area (Å²) in [6.45, 7) is 3.54. The van der Waals surface area contributed by atoms with Crippen LogP contribution in [-0.4, -0.2) is 40.9 Å². The van der Waals surface area contributed by atoms with E-state index >= 15 is 0 Å². The van der Waals surface area contributed by atoms with Gasteiger partial charge in [-0.3, -0.25) is 4.79 Å². The van der Waals surface area contributed by atoms with E-state index in [-0.39, 0.29) is 23.4 Å². The van der Waals surface area contributed by atoms with Crippen LogP contribution in [-0.2, 0) is 0 Å². The molecule has 2 aliphatic rings. The van der Waals surface area contributed by atoms with E-state index in [1.54, 1.807) is 12.1 Å². The molecule has 1 aromatic heterocycles. The summed E-state index contributed by atoms with van der Waals surface area (Å²) in [7, 11) is 0. The van der Waals surface area contributed by atoms with E-state index < -0.39 is 23.6 Å². The van der Waals surface area contributed by atoms with Crippen molar-refractivity contribution < 1.29 is 14.3 Å². The summed E-state index contributed by atoms with van der Waals surface area (Å²) in [6, 6.07) is 2.84. The van der Waals surface area contributed by atoms with Crippen LogP contribution in [0.2, 0.25) is 5.02 Å². The first-order valence-corrected chi connectivity index (χ1v) is 9.41. The number of hydrogen-bond acceptors (Lipinski definition) is 4. The molecule has 1 aromatic carbocycles.